The van der Waals surface area contributed by atoms with Gasteiger partial charge in [0.25, 0.3) is 0 Å². The quantitative estimate of drug-likeness (QED) is 0.422. The van der Waals surface area contributed by atoms with E-state index in [-0.39, 0.29) is 15.6 Å². The van der Waals surface area contributed by atoms with E-state index in [1.165, 1.54) is 6.07 Å². The summed E-state index contributed by atoms with van der Waals surface area (Å²) in [5, 5.41) is -0.145. The van der Waals surface area contributed by atoms with Crippen LogP contribution in [0.25, 0.3) is 0 Å². The van der Waals surface area contributed by atoms with Crippen molar-refractivity contribution in [3.8, 4) is 0 Å². The average molecular weight is 219 g/mol. The fraction of sp³-hybridized carbons (Fsp3) is 0. The molecule has 0 bridgehead atoms. The van der Waals surface area contributed by atoms with Crippen molar-refractivity contribution in [2.75, 3.05) is 0 Å². The van der Waals surface area contributed by atoms with Gasteiger partial charge in [-0.1, -0.05) is 29.8 Å². The molecule has 0 aliphatic heterocycles. The highest BCUT2D eigenvalue weighted by Gasteiger charge is 2.15. The third-order valence-corrected chi connectivity index (χ3v) is 2.16. The Morgan fingerprint density at radius 2 is 2.08 bits per heavy atom. The Hall–Kier alpha value is -0.860. The normalized spacial score (nSPS) is 9.77. The Morgan fingerprint density at radius 3 is 2.62 bits per heavy atom. The molecule has 1 rings (SSSR count). The number of rotatable bonds is 2. The average Bonchev–Trinajstić information content (AvgIpc) is 2.12. The summed E-state index contributed by atoms with van der Waals surface area (Å²) in [6, 6.07) is 2.38. The molecule has 0 amide bonds. The van der Waals surface area contributed by atoms with Crippen LogP contribution in [0.2, 0.25) is 10.0 Å². The Labute approximate surface area is 84.8 Å². The first-order valence-corrected chi connectivity index (χ1v) is 4.13. The molecule has 0 fully saturated rings. The van der Waals surface area contributed by atoms with E-state index in [0.717, 1.165) is 12.1 Å². The van der Waals surface area contributed by atoms with Crippen molar-refractivity contribution in [3.05, 3.63) is 46.2 Å². The van der Waals surface area contributed by atoms with E-state index in [2.05, 4.69) is 6.58 Å². The number of allylic oxidation sites excluding steroid dienone is 1. The molecule has 68 valence electrons. The molecule has 0 heterocycles. The topological polar surface area (TPSA) is 17.1 Å². The fourth-order valence-corrected chi connectivity index (χ4v) is 1.41. The third-order valence-electron chi connectivity index (χ3n) is 1.48. The fourth-order valence-electron chi connectivity index (χ4n) is 0.855. The Bertz CT molecular complexity index is 374. The zero-order valence-electron chi connectivity index (χ0n) is 6.48. The minimum Gasteiger partial charge on any atom is -0.289 e. The molecule has 1 nitrogen and oxygen atoms in total. The molecule has 0 saturated heterocycles. The van der Waals surface area contributed by atoms with Crippen LogP contribution in [0.4, 0.5) is 4.39 Å². The molecule has 0 aliphatic rings. The summed E-state index contributed by atoms with van der Waals surface area (Å²) >= 11 is 11.2. The summed E-state index contributed by atoms with van der Waals surface area (Å²) in [6.45, 7) is 3.26. The second-order valence-electron chi connectivity index (χ2n) is 2.29. The lowest BCUT2D eigenvalue weighted by atomic mass is 10.1. The summed E-state index contributed by atoms with van der Waals surface area (Å²) < 4.78 is 12.9. The van der Waals surface area contributed by atoms with E-state index in [1.807, 2.05) is 0 Å². The van der Waals surface area contributed by atoms with Crippen molar-refractivity contribution in [2.24, 2.45) is 0 Å². The summed E-state index contributed by atoms with van der Waals surface area (Å²) in [5.41, 5.74) is -0.0432. The standard InChI is InChI=1S/C9H5Cl2FO/c1-2-7(13)8-5(10)3-4-6(12)9(8)11/h2-4H,1H2. The zero-order chi connectivity index (χ0) is 10.0. The first-order chi connectivity index (χ1) is 6.07. The van der Waals surface area contributed by atoms with Crippen molar-refractivity contribution in [2.45, 2.75) is 0 Å². The predicted molar refractivity (Wildman–Crippen MR) is 50.9 cm³/mol. The number of carbonyl (C=O) groups excluding carboxylic acids is 1. The Morgan fingerprint density at radius 1 is 1.46 bits per heavy atom. The van der Waals surface area contributed by atoms with Gasteiger partial charge in [0.2, 0.25) is 0 Å². The first kappa shape index (κ1) is 10.2. The van der Waals surface area contributed by atoms with Gasteiger partial charge in [-0.05, 0) is 18.2 Å². The van der Waals surface area contributed by atoms with Crippen molar-refractivity contribution in [3.63, 3.8) is 0 Å². The van der Waals surface area contributed by atoms with Gasteiger partial charge in [0.15, 0.2) is 5.78 Å². The van der Waals surface area contributed by atoms with Crippen molar-refractivity contribution in [1.82, 2.24) is 0 Å². The maximum absolute atomic E-state index is 12.9. The summed E-state index contributed by atoms with van der Waals surface area (Å²) in [4.78, 5) is 11.2. The smallest absolute Gasteiger partial charge is 0.188 e. The van der Waals surface area contributed by atoms with Gasteiger partial charge < -0.3 is 0 Å². The molecule has 4 heteroatoms. The van der Waals surface area contributed by atoms with Crippen molar-refractivity contribution < 1.29 is 9.18 Å². The SMILES string of the molecule is C=CC(=O)c1c(Cl)ccc(F)c1Cl. The molecule has 0 saturated carbocycles. The van der Waals surface area contributed by atoms with Crippen LogP contribution in [0.5, 0.6) is 0 Å². The maximum Gasteiger partial charge on any atom is 0.188 e. The van der Waals surface area contributed by atoms with Gasteiger partial charge in [-0.2, -0.15) is 0 Å². The molecule has 1 aromatic rings. The molecule has 0 atom stereocenters. The number of halogens is 3. The minimum absolute atomic E-state index is 0.0432. The van der Waals surface area contributed by atoms with Crippen LogP contribution in [0.3, 0.4) is 0 Å². The van der Waals surface area contributed by atoms with Crippen LogP contribution in [0.15, 0.2) is 24.8 Å². The van der Waals surface area contributed by atoms with Crippen LogP contribution < -0.4 is 0 Å². The predicted octanol–water partition coefficient (Wildman–Crippen LogP) is 3.50. The lowest BCUT2D eigenvalue weighted by Crippen LogP contribution is -1.98. The van der Waals surface area contributed by atoms with Crippen LogP contribution in [0, 0.1) is 5.82 Å². The number of hydrogen-bond acceptors (Lipinski definition) is 1. The van der Waals surface area contributed by atoms with Crippen LogP contribution in [-0.4, -0.2) is 5.78 Å². The van der Waals surface area contributed by atoms with Crippen molar-refractivity contribution in [1.29, 1.82) is 0 Å². The van der Waals surface area contributed by atoms with E-state index < -0.39 is 11.6 Å². The van der Waals surface area contributed by atoms with Crippen molar-refractivity contribution >= 4 is 29.0 Å². The molecule has 0 aromatic heterocycles. The molecule has 0 radical (unpaired) electrons. The summed E-state index contributed by atoms with van der Waals surface area (Å²) in [5.74, 6) is -1.16. The highest BCUT2D eigenvalue weighted by Crippen LogP contribution is 2.27. The van der Waals surface area contributed by atoms with Crippen LogP contribution in [0.1, 0.15) is 10.4 Å². The van der Waals surface area contributed by atoms with E-state index in [1.54, 1.807) is 0 Å². The number of hydrogen-bond donors (Lipinski definition) is 0. The molecular weight excluding hydrogens is 214 g/mol. The van der Waals surface area contributed by atoms with Gasteiger partial charge >= 0.3 is 0 Å². The Balaban J connectivity index is 3.41. The zero-order valence-corrected chi connectivity index (χ0v) is 7.99. The number of carbonyl (C=O) groups is 1. The highest BCUT2D eigenvalue weighted by molar-refractivity contribution is 6.40. The molecule has 0 N–H and O–H groups in total. The third kappa shape index (κ3) is 1.90. The highest BCUT2D eigenvalue weighted by atomic mass is 35.5. The van der Waals surface area contributed by atoms with Gasteiger partial charge in [0, 0.05) is 0 Å². The van der Waals surface area contributed by atoms with E-state index in [0.29, 0.717) is 0 Å². The lowest BCUT2D eigenvalue weighted by molar-refractivity contribution is 0.104. The van der Waals surface area contributed by atoms with Gasteiger partial charge in [-0.3, -0.25) is 4.79 Å². The minimum atomic E-state index is -0.670. The maximum atomic E-state index is 12.9. The molecule has 1 aromatic carbocycles. The Kier molecular flexibility index (Phi) is 3.07. The molecule has 0 aliphatic carbocycles. The summed E-state index contributed by atoms with van der Waals surface area (Å²) in [7, 11) is 0. The van der Waals surface area contributed by atoms with Gasteiger partial charge in [0.1, 0.15) is 5.82 Å². The molecule has 0 spiro atoms. The van der Waals surface area contributed by atoms with Crippen LogP contribution >= 0.6 is 23.2 Å². The summed E-state index contributed by atoms with van der Waals surface area (Å²) in [6.07, 6.45) is 1.03. The van der Waals surface area contributed by atoms with Crippen LogP contribution in [-0.2, 0) is 0 Å². The van der Waals surface area contributed by atoms with E-state index in [4.69, 9.17) is 23.2 Å². The second kappa shape index (κ2) is 3.90. The monoisotopic (exact) mass is 218 g/mol. The lowest BCUT2D eigenvalue weighted by Gasteiger charge is -2.03. The second-order valence-corrected chi connectivity index (χ2v) is 3.07. The van der Waals surface area contributed by atoms with Gasteiger partial charge in [-0.25, -0.2) is 4.39 Å². The van der Waals surface area contributed by atoms with Gasteiger partial charge in [-0.15, -0.1) is 0 Å². The number of benzene rings is 1. The molecule has 13 heavy (non-hydrogen) atoms. The molecule has 0 unspecified atom stereocenters. The molecular formula is C9H5Cl2FO. The first-order valence-electron chi connectivity index (χ1n) is 3.38. The number of ketones is 1. The van der Waals surface area contributed by atoms with E-state index >= 15 is 0 Å². The largest absolute Gasteiger partial charge is 0.289 e. The van der Waals surface area contributed by atoms with Gasteiger partial charge in [0.05, 0.1) is 15.6 Å². The van der Waals surface area contributed by atoms with E-state index in [9.17, 15) is 9.18 Å².